The summed E-state index contributed by atoms with van der Waals surface area (Å²) in [5, 5.41) is 0. The van der Waals surface area contributed by atoms with Gasteiger partial charge in [0, 0.05) is 5.92 Å². The number of aryl methyl sites for hydroxylation is 2. The van der Waals surface area contributed by atoms with Crippen LogP contribution in [0.5, 0.6) is 11.5 Å². The molecule has 0 bridgehead atoms. The average molecular weight is 513 g/mol. The fourth-order valence-electron chi connectivity index (χ4n) is 4.80. The van der Waals surface area contributed by atoms with E-state index in [0.717, 1.165) is 33.4 Å². The molecule has 1 aliphatic carbocycles. The molecule has 5 rings (SSSR count). The second-order valence-electron chi connectivity index (χ2n) is 9.33. The van der Waals surface area contributed by atoms with Crippen molar-refractivity contribution in [3.8, 4) is 22.6 Å². The summed E-state index contributed by atoms with van der Waals surface area (Å²) in [4.78, 5) is 25.2. The molecule has 6 heteroatoms. The SMILES string of the molecule is CCc1ccc(C(=O)Oc2ccc3c(c2)C(C)c2cc(OC(=O)c4ccc(CC)cc4F)ccc2-3)c(F)c1. The highest BCUT2D eigenvalue weighted by Crippen LogP contribution is 2.47. The zero-order valence-corrected chi connectivity index (χ0v) is 21.3. The molecular weight excluding hydrogens is 486 g/mol. The molecule has 0 saturated carbocycles. The Balaban J connectivity index is 1.35. The summed E-state index contributed by atoms with van der Waals surface area (Å²) in [7, 11) is 0. The lowest BCUT2D eigenvalue weighted by molar-refractivity contribution is 0.0720. The van der Waals surface area contributed by atoms with Crippen LogP contribution in [0.1, 0.15) is 69.7 Å². The van der Waals surface area contributed by atoms with Gasteiger partial charge >= 0.3 is 11.9 Å². The van der Waals surface area contributed by atoms with Gasteiger partial charge in [-0.2, -0.15) is 0 Å². The van der Waals surface area contributed by atoms with Gasteiger partial charge in [-0.05, 0) is 94.8 Å². The molecule has 0 atom stereocenters. The standard InChI is InChI=1S/C32H26F2O4/c1-4-19-6-10-25(29(33)14-19)31(35)37-21-8-12-23-24-13-9-22(17-28(24)18(3)27(23)16-21)38-32(36)26-11-7-20(5-2)15-30(26)34/h6-18H,4-5H2,1-3H3. The van der Waals surface area contributed by atoms with Gasteiger partial charge in [-0.3, -0.25) is 0 Å². The fraction of sp³-hybridized carbons (Fsp3) is 0.188. The van der Waals surface area contributed by atoms with Crippen molar-refractivity contribution in [1.29, 1.82) is 0 Å². The van der Waals surface area contributed by atoms with Crippen LogP contribution < -0.4 is 9.47 Å². The summed E-state index contributed by atoms with van der Waals surface area (Å²) < 4.78 is 39.8. The molecule has 0 radical (unpaired) electrons. The van der Waals surface area contributed by atoms with Gasteiger partial charge in [-0.15, -0.1) is 0 Å². The monoisotopic (exact) mass is 512 g/mol. The number of halogens is 2. The summed E-state index contributed by atoms with van der Waals surface area (Å²) in [6, 6.07) is 19.6. The summed E-state index contributed by atoms with van der Waals surface area (Å²) in [5.74, 6) is -2.21. The Labute approximate surface area is 219 Å². The number of carbonyl (C=O) groups excluding carboxylic acids is 2. The third-order valence-electron chi connectivity index (χ3n) is 7.01. The fourth-order valence-corrected chi connectivity index (χ4v) is 4.80. The second-order valence-corrected chi connectivity index (χ2v) is 9.33. The van der Waals surface area contributed by atoms with E-state index >= 15 is 0 Å². The van der Waals surface area contributed by atoms with E-state index in [2.05, 4.69) is 0 Å². The molecule has 0 amide bonds. The molecule has 0 aliphatic heterocycles. The highest BCUT2D eigenvalue weighted by molar-refractivity contribution is 5.92. The van der Waals surface area contributed by atoms with Crippen LogP contribution in [0.25, 0.3) is 11.1 Å². The molecule has 0 saturated heterocycles. The van der Waals surface area contributed by atoms with E-state index in [1.807, 2.05) is 32.9 Å². The first-order valence-electron chi connectivity index (χ1n) is 12.6. The minimum atomic E-state index is -0.762. The number of esters is 2. The summed E-state index contributed by atoms with van der Waals surface area (Å²) in [6.45, 7) is 5.82. The van der Waals surface area contributed by atoms with Crippen LogP contribution in [0, 0.1) is 11.6 Å². The maximum Gasteiger partial charge on any atom is 0.346 e. The number of rotatable bonds is 6. The van der Waals surface area contributed by atoms with Crippen LogP contribution in [0.3, 0.4) is 0 Å². The van der Waals surface area contributed by atoms with Crippen molar-refractivity contribution in [2.75, 3.05) is 0 Å². The Morgan fingerprint density at radius 3 is 1.45 bits per heavy atom. The molecule has 0 heterocycles. The first-order chi connectivity index (χ1) is 18.3. The Morgan fingerprint density at radius 2 is 1.08 bits per heavy atom. The van der Waals surface area contributed by atoms with Gasteiger partial charge in [0.05, 0.1) is 11.1 Å². The van der Waals surface area contributed by atoms with Gasteiger partial charge in [-0.25, -0.2) is 18.4 Å². The van der Waals surface area contributed by atoms with E-state index in [9.17, 15) is 18.4 Å². The summed E-state index contributed by atoms with van der Waals surface area (Å²) in [6.07, 6.45) is 1.33. The van der Waals surface area contributed by atoms with E-state index in [1.165, 1.54) is 24.3 Å². The molecule has 4 aromatic rings. The van der Waals surface area contributed by atoms with E-state index in [-0.39, 0.29) is 17.0 Å². The maximum atomic E-state index is 14.4. The zero-order valence-electron chi connectivity index (χ0n) is 21.3. The zero-order chi connectivity index (χ0) is 27.0. The quantitative estimate of drug-likeness (QED) is 0.197. The van der Waals surface area contributed by atoms with Crippen molar-refractivity contribution in [1.82, 2.24) is 0 Å². The van der Waals surface area contributed by atoms with Crippen LogP contribution in [0.15, 0.2) is 72.8 Å². The molecule has 0 N–H and O–H groups in total. The van der Waals surface area contributed by atoms with Gasteiger partial charge in [0.25, 0.3) is 0 Å². The van der Waals surface area contributed by atoms with Crippen molar-refractivity contribution >= 4 is 11.9 Å². The van der Waals surface area contributed by atoms with Crippen molar-refractivity contribution in [2.45, 2.75) is 39.5 Å². The molecule has 0 unspecified atom stereocenters. The predicted molar refractivity (Wildman–Crippen MR) is 141 cm³/mol. The minimum absolute atomic E-state index is 0.0848. The number of carbonyl (C=O) groups is 2. The summed E-state index contributed by atoms with van der Waals surface area (Å²) in [5.41, 5.74) is 5.14. The second kappa shape index (κ2) is 10.2. The molecule has 4 aromatic carbocycles. The van der Waals surface area contributed by atoms with Crippen LogP contribution in [-0.2, 0) is 12.8 Å². The molecule has 0 spiro atoms. The topological polar surface area (TPSA) is 52.6 Å². The molecule has 4 nitrogen and oxygen atoms in total. The van der Waals surface area contributed by atoms with Crippen LogP contribution in [0.4, 0.5) is 8.78 Å². The van der Waals surface area contributed by atoms with Gasteiger partial charge in [-0.1, -0.05) is 45.0 Å². The van der Waals surface area contributed by atoms with Crippen LogP contribution in [0.2, 0.25) is 0 Å². The van der Waals surface area contributed by atoms with Crippen LogP contribution >= 0.6 is 0 Å². The molecular formula is C32H26F2O4. The minimum Gasteiger partial charge on any atom is -0.423 e. The average Bonchev–Trinajstić information content (AvgIpc) is 3.18. The molecule has 192 valence electrons. The summed E-state index contributed by atoms with van der Waals surface area (Å²) >= 11 is 0. The Morgan fingerprint density at radius 1 is 0.658 bits per heavy atom. The molecule has 38 heavy (non-hydrogen) atoms. The number of hydrogen-bond donors (Lipinski definition) is 0. The number of ether oxygens (including phenoxy) is 2. The lowest BCUT2D eigenvalue weighted by Crippen LogP contribution is -2.11. The number of fused-ring (bicyclic) bond motifs is 3. The van der Waals surface area contributed by atoms with Gasteiger partial charge in [0.2, 0.25) is 0 Å². The lowest BCUT2D eigenvalue weighted by atomic mass is 9.99. The lowest BCUT2D eigenvalue weighted by Gasteiger charge is -2.11. The third-order valence-corrected chi connectivity index (χ3v) is 7.01. The first-order valence-corrected chi connectivity index (χ1v) is 12.6. The molecule has 0 aromatic heterocycles. The predicted octanol–water partition coefficient (Wildman–Crippen LogP) is 7.66. The van der Waals surface area contributed by atoms with Crippen molar-refractivity contribution in [2.24, 2.45) is 0 Å². The normalized spacial score (nSPS) is 12.1. The van der Waals surface area contributed by atoms with Crippen LogP contribution in [-0.4, -0.2) is 11.9 Å². The van der Waals surface area contributed by atoms with E-state index in [4.69, 9.17) is 9.47 Å². The van der Waals surface area contributed by atoms with Crippen molar-refractivity contribution < 1.29 is 27.8 Å². The highest BCUT2D eigenvalue weighted by atomic mass is 19.1. The van der Waals surface area contributed by atoms with E-state index in [0.29, 0.717) is 24.3 Å². The molecule has 1 aliphatic rings. The van der Waals surface area contributed by atoms with E-state index < -0.39 is 23.6 Å². The van der Waals surface area contributed by atoms with Gasteiger partial charge < -0.3 is 9.47 Å². The number of benzene rings is 4. The third kappa shape index (κ3) is 4.70. The maximum absolute atomic E-state index is 14.4. The Kier molecular flexibility index (Phi) is 6.81. The van der Waals surface area contributed by atoms with Gasteiger partial charge in [0.15, 0.2) is 0 Å². The van der Waals surface area contributed by atoms with Gasteiger partial charge in [0.1, 0.15) is 23.1 Å². The largest absolute Gasteiger partial charge is 0.423 e. The van der Waals surface area contributed by atoms with E-state index in [1.54, 1.807) is 36.4 Å². The molecule has 0 fully saturated rings. The highest BCUT2D eigenvalue weighted by Gasteiger charge is 2.27. The smallest absolute Gasteiger partial charge is 0.346 e. The number of hydrogen-bond acceptors (Lipinski definition) is 4. The first kappa shape index (κ1) is 25.3. The Bertz CT molecular complexity index is 1460. The van der Waals surface area contributed by atoms with Crippen molar-refractivity contribution in [3.05, 3.63) is 118 Å². The van der Waals surface area contributed by atoms with Crippen molar-refractivity contribution in [3.63, 3.8) is 0 Å². The Hall–Kier alpha value is -4.32.